The van der Waals surface area contributed by atoms with Crippen LogP contribution in [0.2, 0.25) is 0 Å². The molecular weight excluding hydrogens is 369 g/mol. The quantitative estimate of drug-likeness (QED) is 0.545. The Hall–Kier alpha value is -1.80. The molecule has 28 heavy (non-hydrogen) atoms. The van der Waals surface area contributed by atoms with E-state index in [4.69, 9.17) is 0 Å². The van der Waals surface area contributed by atoms with Gasteiger partial charge in [-0.1, -0.05) is 31.2 Å². The number of hydrogen-bond donors (Lipinski definition) is 2. The van der Waals surface area contributed by atoms with Crippen LogP contribution in [-0.4, -0.2) is 55.9 Å². The first-order valence-corrected chi connectivity index (χ1v) is 9.61. The third-order valence-electron chi connectivity index (χ3n) is 4.93. The monoisotopic (exact) mass is 400 g/mol. The molecule has 0 bridgehead atoms. The predicted octanol–water partition coefficient (Wildman–Crippen LogP) is 3.16. The Morgan fingerprint density at radius 2 is 1.86 bits per heavy atom. The van der Waals surface area contributed by atoms with Gasteiger partial charge in [-0.05, 0) is 30.9 Å². The average Bonchev–Trinajstić information content (AvgIpc) is 2.99. The van der Waals surface area contributed by atoms with E-state index in [2.05, 4.69) is 46.0 Å². The van der Waals surface area contributed by atoms with Crippen molar-refractivity contribution in [1.29, 1.82) is 0 Å². The van der Waals surface area contributed by atoms with Crippen LogP contribution in [0.3, 0.4) is 0 Å². The molecule has 1 aromatic carbocycles. The summed E-state index contributed by atoms with van der Waals surface area (Å²) < 4.78 is 41.0. The lowest BCUT2D eigenvalue weighted by atomic mass is 10.1. The SMILES string of the molecule is CN=C(NCc1ccc(COCC(F)(F)F)cc1)NC1CN(C(C)C)CC1C. The lowest BCUT2D eigenvalue weighted by Crippen LogP contribution is -2.46. The number of nitrogens with zero attached hydrogens (tertiary/aromatic N) is 2. The van der Waals surface area contributed by atoms with E-state index in [1.54, 1.807) is 19.2 Å². The van der Waals surface area contributed by atoms with Crippen LogP contribution in [0.4, 0.5) is 13.2 Å². The number of aliphatic imine (C=N–C) groups is 1. The van der Waals surface area contributed by atoms with Crippen LogP contribution in [0.25, 0.3) is 0 Å². The van der Waals surface area contributed by atoms with Gasteiger partial charge in [-0.2, -0.15) is 13.2 Å². The van der Waals surface area contributed by atoms with Crippen molar-refractivity contribution in [3.8, 4) is 0 Å². The van der Waals surface area contributed by atoms with Gasteiger partial charge < -0.3 is 15.4 Å². The number of hydrogen-bond acceptors (Lipinski definition) is 3. The maximum atomic E-state index is 12.1. The van der Waals surface area contributed by atoms with Gasteiger partial charge >= 0.3 is 6.18 Å². The van der Waals surface area contributed by atoms with E-state index in [1.165, 1.54) is 0 Å². The molecule has 0 aliphatic carbocycles. The molecule has 2 unspecified atom stereocenters. The zero-order valence-electron chi connectivity index (χ0n) is 17.0. The van der Waals surface area contributed by atoms with E-state index in [0.29, 0.717) is 30.1 Å². The van der Waals surface area contributed by atoms with Crippen molar-refractivity contribution in [2.45, 2.75) is 52.2 Å². The van der Waals surface area contributed by atoms with Crippen LogP contribution in [0.1, 0.15) is 31.9 Å². The molecule has 1 saturated heterocycles. The molecule has 2 rings (SSSR count). The van der Waals surface area contributed by atoms with E-state index in [-0.39, 0.29) is 6.61 Å². The summed E-state index contributed by atoms with van der Waals surface area (Å²) in [5.74, 6) is 1.29. The molecular formula is C20H31F3N4O. The summed E-state index contributed by atoms with van der Waals surface area (Å²) in [6, 6.07) is 8.20. The van der Waals surface area contributed by atoms with E-state index < -0.39 is 12.8 Å². The highest BCUT2D eigenvalue weighted by Crippen LogP contribution is 2.18. The standard InChI is InChI=1S/C20H31F3N4O/c1-14(2)27-10-15(3)18(11-27)26-19(24-4)25-9-16-5-7-17(8-6-16)12-28-13-20(21,22)23/h5-8,14-15,18H,9-13H2,1-4H3,(H2,24,25,26). The maximum absolute atomic E-state index is 12.1. The van der Waals surface area contributed by atoms with Crippen molar-refractivity contribution in [1.82, 2.24) is 15.5 Å². The van der Waals surface area contributed by atoms with Crippen molar-refractivity contribution >= 4 is 5.96 Å². The average molecular weight is 400 g/mol. The predicted molar refractivity (Wildman–Crippen MR) is 105 cm³/mol. The molecule has 1 aliphatic heterocycles. The molecule has 1 heterocycles. The van der Waals surface area contributed by atoms with Crippen molar-refractivity contribution in [2.24, 2.45) is 10.9 Å². The van der Waals surface area contributed by atoms with Gasteiger partial charge in [-0.3, -0.25) is 9.89 Å². The molecule has 5 nitrogen and oxygen atoms in total. The van der Waals surface area contributed by atoms with E-state index in [1.807, 2.05) is 12.1 Å². The Morgan fingerprint density at radius 3 is 2.39 bits per heavy atom. The maximum Gasteiger partial charge on any atom is 0.411 e. The highest BCUT2D eigenvalue weighted by Gasteiger charge is 2.31. The Morgan fingerprint density at radius 1 is 1.21 bits per heavy atom. The molecule has 2 N–H and O–H groups in total. The largest absolute Gasteiger partial charge is 0.411 e. The smallest absolute Gasteiger partial charge is 0.367 e. The third kappa shape index (κ3) is 7.31. The van der Waals surface area contributed by atoms with Crippen LogP contribution in [-0.2, 0) is 17.9 Å². The second-order valence-corrected chi connectivity index (χ2v) is 7.63. The van der Waals surface area contributed by atoms with Gasteiger partial charge in [-0.15, -0.1) is 0 Å². The molecule has 0 radical (unpaired) electrons. The van der Waals surface area contributed by atoms with Gasteiger partial charge in [0, 0.05) is 38.8 Å². The molecule has 0 aromatic heterocycles. The fourth-order valence-corrected chi connectivity index (χ4v) is 3.21. The molecule has 158 valence electrons. The number of guanidine groups is 1. The van der Waals surface area contributed by atoms with Crippen molar-refractivity contribution in [3.63, 3.8) is 0 Å². The molecule has 1 fully saturated rings. The Bertz CT molecular complexity index is 631. The minimum absolute atomic E-state index is 0.0532. The normalized spacial score (nSPS) is 21.4. The minimum Gasteiger partial charge on any atom is -0.367 e. The zero-order valence-corrected chi connectivity index (χ0v) is 17.0. The summed E-state index contributed by atoms with van der Waals surface area (Å²) in [4.78, 5) is 6.75. The lowest BCUT2D eigenvalue weighted by Gasteiger charge is -2.22. The summed E-state index contributed by atoms with van der Waals surface area (Å²) in [6.45, 7) is 8.02. The first-order valence-electron chi connectivity index (χ1n) is 9.61. The van der Waals surface area contributed by atoms with Gasteiger partial charge in [0.2, 0.25) is 0 Å². The van der Waals surface area contributed by atoms with Crippen LogP contribution in [0, 0.1) is 5.92 Å². The number of nitrogens with one attached hydrogen (secondary N) is 2. The number of benzene rings is 1. The fourth-order valence-electron chi connectivity index (χ4n) is 3.21. The number of halogens is 3. The van der Waals surface area contributed by atoms with E-state index in [0.717, 1.165) is 24.6 Å². The number of alkyl halides is 3. The van der Waals surface area contributed by atoms with Crippen LogP contribution >= 0.6 is 0 Å². The number of ether oxygens (including phenoxy) is 1. The van der Waals surface area contributed by atoms with Gasteiger partial charge in [0.25, 0.3) is 0 Å². The molecule has 0 amide bonds. The zero-order chi connectivity index (χ0) is 20.7. The number of likely N-dealkylation sites (tertiary alicyclic amines) is 1. The summed E-state index contributed by atoms with van der Waals surface area (Å²) in [5, 5.41) is 6.79. The first kappa shape index (κ1) is 22.5. The summed E-state index contributed by atoms with van der Waals surface area (Å²) in [7, 11) is 1.75. The van der Waals surface area contributed by atoms with Crippen LogP contribution in [0.15, 0.2) is 29.3 Å². The summed E-state index contributed by atoms with van der Waals surface area (Å²) in [6.07, 6.45) is -4.30. The molecule has 2 atom stereocenters. The molecule has 0 saturated carbocycles. The highest BCUT2D eigenvalue weighted by atomic mass is 19.4. The van der Waals surface area contributed by atoms with Gasteiger partial charge in [0.15, 0.2) is 5.96 Å². The third-order valence-corrected chi connectivity index (χ3v) is 4.93. The summed E-state index contributed by atoms with van der Waals surface area (Å²) >= 11 is 0. The molecule has 1 aromatic rings. The molecule has 1 aliphatic rings. The lowest BCUT2D eigenvalue weighted by molar-refractivity contribution is -0.176. The van der Waals surface area contributed by atoms with Gasteiger partial charge in [0.1, 0.15) is 6.61 Å². The second-order valence-electron chi connectivity index (χ2n) is 7.63. The molecule has 8 heteroatoms. The topological polar surface area (TPSA) is 48.9 Å². The first-order chi connectivity index (χ1) is 13.2. The second kappa shape index (κ2) is 10.1. The number of rotatable bonds is 7. The summed E-state index contributed by atoms with van der Waals surface area (Å²) in [5.41, 5.74) is 1.73. The van der Waals surface area contributed by atoms with Gasteiger partial charge in [-0.25, -0.2) is 0 Å². The molecule has 0 spiro atoms. The Kier molecular flexibility index (Phi) is 8.12. The Labute approximate surface area is 165 Å². The van der Waals surface area contributed by atoms with E-state index in [9.17, 15) is 13.2 Å². The highest BCUT2D eigenvalue weighted by molar-refractivity contribution is 5.80. The Balaban J connectivity index is 1.79. The van der Waals surface area contributed by atoms with Gasteiger partial charge in [0.05, 0.1) is 6.61 Å². The van der Waals surface area contributed by atoms with E-state index >= 15 is 0 Å². The van der Waals surface area contributed by atoms with Crippen LogP contribution in [0.5, 0.6) is 0 Å². The minimum atomic E-state index is -4.30. The van der Waals surface area contributed by atoms with Crippen molar-refractivity contribution in [3.05, 3.63) is 35.4 Å². The van der Waals surface area contributed by atoms with Crippen molar-refractivity contribution in [2.75, 3.05) is 26.7 Å². The van der Waals surface area contributed by atoms with Crippen molar-refractivity contribution < 1.29 is 17.9 Å². The van der Waals surface area contributed by atoms with Crippen LogP contribution < -0.4 is 10.6 Å². The fraction of sp³-hybridized carbons (Fsp3) is 0.650.